The first kappa shape index (κ1) is 25.8. The van der Waals surface area contributed by atoms with Gasteiger partial charge in [0.15, 0.2) is 0 Å². The fourth-order valence-corrected chi connectivity index (χ4v) is 7.29. The third-order valence-electron chi connectivity index (χ3n) is 7.51. The molecule has 2 aliphatic heterocycles. The van der Waals surface area contributed by atoms with E-state index < -0.39 is 16.3 Å². The Balaban J connectivity index is 1.25. The zero-order valence-electron chi connectivity index (χ0n) is 21.0. The zero-order chi connectivity index (χ0) is 26.0. The second-order valence-electron chi connectivity index (χ2n) is 9.83. The molecule has 1 amide bonds. The predicted octanol–water partition coefficient (Wildman–Crippen LogP) is 4.18. The van der Waals surface area contributed by atoms with Crippen molar-refractivity contribution < 1.29 is 22.4 Å². The molecule has 1 N–H and O–H groups in total. The van der Waals surface area contributed by atoms with E-state index in [1.807, 2.05) is 36.5 Å². The van der Waals surface area contributed by atoms with E-state index in [2.05, 4.69) is 4.98 Å². The van der Waals surface area contributed by atoms with Gasteiger partial charge in [-0.15, -0.1) is 0 Å². The van der Waals surface area contributed by atoms with Crippen molar-refractivity contribution in [3.05, 3.63) is 71.7 Å². The molecule has 1 atom stereocenters. The van der Waals surface area contributed by atoms with Crippen LogP contribution in [0.15, 0.2) is 54.7 Å². The maximum atomic E-state index is 13.8. The Morgan fingerprint density at radius 3 is 2.59 bits per heavy atom. The zero-order valence-corrected chi connectivity index (χ0v) is 21.8. The number of hydrogen-bond acceptors (Lipinski definition) is 4. The second-order valence-corrected chi connectivity index (χ2v) is 11.7. The first-order valence-electron chi connectivity index (χ1n) is 12.8. The van der Waals surface area contributed by atoms with Crippen LogP contribution in [0, 0.1) is 5.82 Å². The topological polar surface area (TPSA) is 85.9 Å². The number of nitrogens with one attached hydrogen (secondary N) is 1. The van der Waals surface area contributed by atoms with Crippen LogP contribution in [-0.4, -0.2) is 65.7 Å². The highest BCUT2D eigenvalue weighted by Crippen LogP contribution is 2.35. The van der Waals surface area contributed by atoms with E-state index in [9.17, 15) is 17.6 Å². The van der Waals surface area contributed by atoms with Gasteiger partial charge in [-0.25, -0.2) is 9.45 Å². The molecule has 2 saturated heterocycles. The lowest BCUT2D eigenvalue weighted by Crippen LogP contribution is -2.56. The molecule has 8 nitrogen and oxygen atoms in total. The molecule has 1 aromatic heterocycles. The molecule has 0 radical (unpaired) electrons. The van der Waals surface area contributed by atoms with Crippen LogP contribution in [0.25, 0.3) is 10.9 Å². The van der Waals surface area contributed by atoms with Gasteiger partial charge in [0, 0.05) is 43.8 Å². The van der Waals surface area contributed by atoms with Gasteiger partial charge in [0.1, 0.15) is 18.5 Å². The Morgan fingerprint density at radius 1 is 1.08 bits per heavy atom. The third kappa shape index (κ3) is 5.43. The van der Waals surface area contributed by atoms with Crippen molar-refractivity contribution in [3.8, 4) is 0 Å². The lowest BCUT2D eigenvalue weighted by molar-refractivity contribution is -0.187. The number of amides is 1. The maximum Gasteiger partial charge on any atom is 0.282 e. The molecule has 37 heavy (non-hydrogen) atoms. The highest BCUT2D eigenvalue weighted by molar-refractivity contribution is 7.86. The Hall–Kier alpha value is -2.79. The number of benzene rings is 2. The van der Waals surface area contributed by atoms with Crippen LogP contribution in [0.2, 0.25) is 0 Å². The molecular weight excluding hydrogens is 495 g/mol. The Kier molecular flexibility index (Phi) is 7.62. The maximum absolute atomic E-state index is 13.8. The van der Waals surface area contributed by atoms with Crippen molar-refractivity contribution >= 4 is 27.0 Å². The average Bonchev–Trinajstić information content (AvgIpc) is 3.35. The van der Waals surface area contributed by atoms with Crippen LogP contribution in [0.3, 0.4) is 0 Å². The molecule has 5 rings (SSSR count). The molecule has 3 heterocycles. The van der Waals surface area contributed by atoms with E-state index in [1.54, 1.807) is 13.1 Å². The third-order valence-corrected chi connectivity index (χ3v) is 9.56. The summed E-state index contributed by atoms with van der Waals surface area (Å²) in [4.78, 5) is 22.1. The molecule has 198 valence electrons. The Morgan fingerprint density at radius 2 is 1.84 bits per heavy atom. The van der Waals surface area contributed by atoms with Crippen LogP contribution in [0.4, 0.5) is 4.39 Å². The highest BCUT2D eigenvalue weighted by atomic mass is 32.2. The molecule has 0 saturated carbocycles. The van der Waals surface area contributed by atoms with Gasteiger partial charge in [0.05, 0.1) is 0 Å². The van der Waals surface area contributed by atoms with Crippen LogP contribution in [0.5, 0.6) is 0 Å². The summed E-state index contributed by atoms with van der Waals surface area (Å²) in [6.07, 6.45) is 5.14. The number of piperidine rings is 2. The largest absolute Gasteiger partial charge is 0.361 e. The summed E-state index contributed by atoms with van der Waals surface area (Å²) in [7, 11) is -2.28. The number of aromatic amines is 1. The molecule has 2 aromatic carbocycles. The van der Waals surface area contributed by atoms with Crippen LogP contribution in [-0.2, 0) is 26.4 Å². The van der Waals surface area contributed by atoms with E-state index in [4.69, 9.17) is 4.84 Å². The van der Waals surface area contributed by atoms with E-state index in [1.165, 1.54) is 25.8 Å². The number of aromatic nitrogens is 1. The van der Waals surface area contributed by atoms with Crippen LogP contribution < -0.4 is 0 Å². The summed E-state index contributed by atoms with van der Waals surface area (Å²) in [5.41, 5.74) is 2.82. The number of H-pyrrole nitrogens is 1. The summed E-state index contributed by atoms with van der Waals surface area (Å²) in [6.45, 7) is 1.25. The summed E-state index contributed by atoms with van der Waals surface area (Å²) in [6, 6.07) is 13.4. The summed E-state index contributed by atoms with van der Waals surface area (Å²) >= 11 is 0. The smallest absolute Gasteiger partial charge is 0.282 e. The van der Waals surface area contributed by atoms with Gasteiger partial charge in [-0.3, -0.25) is 9.63 Å². The van der Waals surface area contributed by atoms with Gasteiger partial charge in [0.25, 0.3) is 16.1 Å². The molecule has 0 unspecified atom stereocenters. The highest BCUT2D eigenvalue weighted by Gasteiger charge is 2.42. The summed E-state index contributed by atoms with van der Waals surface area (Å²) < 4.78 is 44.1. The molecule has 0 bridgehead atoms. The first-order valence-corrected chi connectivity index (χ1v) is 14.2. The number of rotatable bonds is 7. The number of carbonyl (C=O) groups excluding carboxylic acids is 1. The Bertz CT molecular complexity index is 1340. The molecule has 10 heteroatoms. The van der Waals surface area contributed by atoms with Gasteiger partial charge in [-0.1, -0.05) is 36.8 Å². The van der Waals surface area contributed by atoms with Gasteiger partial charge in [-0.05, 0) is 60.9 Å². The van der Waals surface area contributed by atoms with Crippen molar-refractivity contribution in [1.29, 1.82) is 0 Å². The first-order chi connectivity index (χ1) is 17.8. The average molecular weight is 529 g/mol. The van der Waals surface area contributed by atoms with Crippen LogP contribution >= 0.6 is 0 Å². The van der Waals surface area contributed by atoms with Crippen molar-refractivity contribution in [3.63, 3.8) is 0 Å². The van der Waals surface area contributed by atoms with Gasteiger partial charge >= 0.3 is 0 Å². The van der Waals surface area contributed by atoms with Gasteiger partial charge in [0.2, 0.25) is 0 Å². The number of nitrogens with zero attached hydrogens (tertiary/aromatic N) is 3. The lowest BCUT2D eigenvalue weighted by atomic mass is 9.90. The summed E-state index contributed by atoms with van der Waals surface area (Å²) in [5.74, 6) is -0.500. The van der Waals surface area contributed by atoms with E-state index in [0.717, 1.165) is 34.9 Å². The van der Waals surface area contributed by atoms with E-state index in [0.29, 0.717) is 38.9 Å². The standard InChI is InChI=1S/C27H33FN4O4S/c1-30(36-19-20-7-3-2-4-8-20)27(33)26-9-5-6-14-32(26)37(34,35)31-15-12-21(13-16-31)24-18-29-25-11-10-22(28)17-23(24)25/h2-4,7-8,10-11,17-18,21,26,29H,5-6,9,12-16,19H2,1H3/t26-/m1/s1. The van der Waals surface area contributed by atoms with E-state index >= 15 is 0 Å². The minimum absolute atomic E-state index is 0.137. The van der Waals surface area contributed by atoms with Crippen molar-refractivity contribution in [2.24, 2.45) is 0 Å². The normalized spacial score (nSPS) is 20.3. The Labute approximate surface area is 217 Å². The fraction of sp³-hybridized carbons (Fsp3) is 0.444. The number of likely N-dealkylation sites (N-methyl/N-ethyl adjacent to an activating group) is 1. The monoisotopic (exact) mass is 528 g/mol. The van der Waals surface area contributed by atoms with Crippen molar-refractivity contribution in [2.75, 3.05) is 26.7 Å². The number of hydroxylamine groups is 2. The quantitative estimate of drug-likeness (QED) is 0.467. The lowest BCUT2D eigenvalue weighted by Gasteiger charge is -2.40. The SMILES string of the molecule is CN(OCc1ccccc1)C(=O)[C@H]1CCCCN1S(=O)(=O)N1CCC(c2c[nH]c3ccc(F)cc23)CC1. The molecule has 0 spiro atoms. The van der Waals surface area contributed by atoms with Crippen molar-refractivity contribution in [2.45, 2.75) is 50.7 Å². The minimum Gasteiger partial charge on any atom is -0.361 e. The molecule has 0 aliphatic carbocycles. The number of carbonyl (C=O) groups is 1. The van der Waals surface area contributed by atoms with Crippen molar-refractivity contribution in [1.82, 2.24) is 18.7 Å². The molecule has 3 aromatic rings. The van der Waals surface area contributed by atoms with E-state index in [-0.39, 0.29) is 24.2 Å². The number of hydrogen-bond donors (Lipinski definition) is 1. The summed E-state index contributed by atoms with van der Waals surface area (Å²) in [5, 5.41) is 2.02. The molecular formula is C27H33FN4O4S. The number of fused-ring (bicyclic) bond motifs is 1. The predicted molar refractivity (Wildman–Crippen MR) is 139 cm³/mol. The second kappa shape index (κ2) is 10.9. The van der Waals surface area contributed by atoms with Gasteiger partial charge in [-0.2, -0.15) is 17.0 Å². The van der Waals surface area contributed by atoms with Crippen LogP contribution in [0.1, 0.15) is 49.1 Å². The molecule has 2 fully saturated rings. The minimum atomic E-state index is -3.83. The molecule has 2 aliphatic rings. The number of halogens is 1. The van der Waals surface area contributed by atoms with Gasteiger partial charge < -0.3 is 4.98 Å². The fourth-order valence-electron chi connectivity index (χ4n) is 5.45.